The minimum Gasteiger partial charge on any atom is -0.169 e. The van der Waals surface area contributed by atoms with Crippen molar-refractivity contribution in [2.24, 2.45) is 0 Å². The summed E-state index contributed by atoms with van der Waals surface area (Å²) in [5, 5.41) is 0. The Morgan fingerprint density at radius 1 is 0.344 bits per heavy atom. The van der Waals surface area contributed by atoms with Crippen molar-refractivity contribution in [1.82, 2.24) is 0 Å². The van der Waals surface area contributed by atoms with Crippen LogP contribution in [0.2, 0.25) is 0 Å². The lowest BCUT2D eigenvalue weighted by atomic mass is 9.71. The van der Waals surface area contributed by atoms with Crippen LogP contribution in [0.3, 0.4) is 0 Å². The second kappa shape index (κ2) is 17.6. The molecule has 0 saturated heterocycles. The standard InChI is InChI=1S/C54H56F6S/c1-33-11-21-47(27-35(33)3)52(53(55,56)57,54(58,59)60)48-24-19-43(39(7)30-48)14-13-41-17-22-45(28-37(41)5)51(9,10)46-23-18-42(38(6)29-46)15-16-44-20-26-50(32-40(44)8)61-49-25-12-34(2)36(4)31-49/h11-12,17-32H,13-16H2,1-10H3. The second-order valence-corrected chi connectivity index (χ2v) is 18.7. The van der Waals surface area contributed by atoms with Gasteiger partial charge >= 0.3 is 12.4 Å². The fraction of sp³-hybridized carbons (Fsp3) is 0.333. The average Bonchev–Trinajstić information content (AvgIpc) is 3.17. The van der Waals surface area contributed by atoms with Crippen LogP contribution in [-0.2, 0) is 36.5 Å². The summed E-state index contributed by atoms with van der Waals surface area (Å²) in [5.41, 5.74) is 8.40. The molecule has 6 aromatic rings. The zero-order valence-corrected chi connectivity index (χ0v) is 37.7. The molecular formula is C54H56F6S. The molecule has 7 heteroatoms. The van der Waals surface area contributed by atoms with Gasteiger partial charge in [0.2, 0.25) is 5.41 Å². The van der Waals surface area contributed by atoms with Gasteiger partial charge in [-0.3, -0.25) is 0 Å². The van der Waals surface area contributed by atoms with Crippen LogP contribution in [0.25, 0.3) is 0 Å². The number of rotatable bonds is 12. The fourth-order valence-electron chi connectivity index (χ4n) is 8.53. The Bertz CT molecular complexity index is 2540. The summed E-state index contributed by atoms with van der Waals surface area (Å²) < 4.78 is 89.0. The van der Waals surface area contributed by atoms with E-state index in [1.54, 1.807) is 25.6 Å². The van der Waals surface area contributed by atoms with Crippen molar-refractivity contribution in [1.29, 1.82) is 0 Å². The van der Waals surface area contributed by atoms with Gasteiger partial charge in [0.25, 0.3) is 0 Å². The van der Waals surface area contributed by atoms with Crippen molar-refractivity contribution in [2.45, 2.75) is 128 Å². The van der Waals surface area contributed by atoms with Crippen molar-refractivity contribution in [2.75, 3.05) is 0 Å². The number of hydrogen-bond acceptors (Lipinski definition) is 1. The van der Waals surface area contributed by atoms with Gasteiger partial charge in [-0.05, 0) is 194 Å². The first-order valence-corrected chi connectivity index (χ1v) is 21.7. The summed E-state index contributed by atoms with van der Waals surface area (Å²) in [7, 11) is 0. The van der Waals surface area contributed by atoms with Gasteiger partial charge in [-0.2, -0.15) is 26.3 Å². The topological polar surface area (TPSA) is 0 Å². The van der Waals surface area contributed by atoms with E-state index in [0.29, 0.717) is 35.1 Å². The van der Waals surface area contributed by atoms with Crippen LogP contribution in [0.1, 0.15) is 103 Å². The maximum Gasteiger partial charge on any atom is 0.411 e. The number of halogens is 6. The molecule has 0 heterocycles. The van der Waals surface area contributed by atoms with Crippen molar-refractivity contribution < 1.29 is 26.3 Å². The molecule has 0 amide bonds. The van der Waals surface area contributed by atoms with Crippen molar-refractivity contribution in [3.05, 3.63) is 198 Å². The summed E-state index contributed by atoms with van der Waals surface area (Å²) in [6.45, 7) is 19.9. The third kappa shape index (κ3) is 9.38. The van der Waals surface area contributed by atoms with Gasteiger partial charge in [0.1, 0.15) is 0 Å². The van der Waals surface area contributed by atoms with Crippen LogP contribution in [0, 0.1) is 55.4 Å². The maximum atomic E-state index is 14.8. The normalized spacial score (nSPS) is 12.6. The fourth-order valence-corrected chi connectivity index (χ4v) is 9.54. The summed E-state index contributed by atoms with van der Waals surface area (Å²) in [6.07, 6.45) is -8.27. The van der Waals surface area contributed by atoms with Gasteiger partial charge in [-0.1, -0.05) is 111 Å². The van der Waals surface area contributed by atoms with E-state index in [9.17, 15) is 26.3 Å². The largest absolute Gasteiger partial charge is 0.411 e. The highest BCUT2D eigenvalue weighted by Gasteiger charge is 2.72. The molecule has 0 atom stereocenters. The molecule has 320 valence electrons. The average molecular weight is 851 g/mol. The molecule has 0 aliphatic rings. The lowest BCUT2D eigenvalue weighted by Crippen LogP contribution is -2.54. The second-order valence-electron chi connectivity index (χ2n) is 17.5. The zero-order chi connectivity index (χ0) is 44.7. The van der Waals surface area contributed by atoms with E-state index in [1.807, 2.05) is 0 Å². The minimum atomic E-state index is -5.62. The van der Waals surface area contributed by atoms with Gasteiger partial charge < -0.3 is 0 Å². The molecule has 0 N–H and O–H groups in total. The molecule has 61 heavy (non-hydrogen) atoms. The third-order valence-electron chi connectivity index (χ3n) is 13.0. The van der Waals surface area contributed by atoms with Crippen molar-refractivity contribution in [3.8, 4) is 0 Å². The van der Waals surface area contributed by atoms with E-state index in [-0.39, 0.29) is 5.41 Å². The van der Waals surface area contributed by atoms with Crippen molar-refractivity contribution >= 4 is 11.8 Å². The molecule has 0 spiro atoms. The molecule has 0 bridgehead atoms. The molecule has 0 aliphatic heterocycles. The number of alkyl halides is 6. The van der Waals surface area contributed by atoms with Crippen LogP contribution < -0.4 is 0 Å². The molecule has 0 aliphatic carbocycles. The van der Waals surface area contributed by atoms with E-state index in [4.69, 9.17) is 0 Å². The van der Waals surface area contributed by atoms with Crippen LogP contribution >= 0.6 is 11.8 Å². The highest BCUT2D eigenvalue weighted by atomic mass is 32.2. The van der Waals surface area contributed by atoms with Gasteiger partial charge in [0.15, 0.2) is 0 Å². The Kier molecular flexibility index (Phi) is 13.2. The lowest BCUT2D eigenvalue weighted by molar-refractivity contribution is -0.288. The molecule has 0 saturated carbocycles. The highest BCUT2D eigenvalue weighted by molar-refractivity contribution is 7.99. The van der Waals surface area contributed by atoms with E-state index >= 15 is 0 Å². The van der Waals surface area contributed by atoms with E-state index < -0.39 is 28.9 Å². The Hall–Kier alpha value is -4.75. The molecule has 0 unspecified atom stereocenters. The van der Waals surface area contributed by atoms with Gasteiger partial charge in [-0.25, -0.2) is 0 Å². The summed E-state index contributed by atoms with van der Waals surface area (Å²) in [4.78, 5) is 2.50. The summed E-state index contributed by atoms with van der Waals surface area (Å²) in [6, 6.07) is 33.4. The van der Waals surface area contributed by atoms with Gasteiger partial charge in [0.05, 0.1) is 0 Å². The Morgan fingerprint density at radius 3 is 1.02 bits per heavy atom. The van der Waals surface area contributed by atoms with Gasteiger partial charge in [-0.15, -0.1) is 0 Å². The number of benzene rings is 6. The molecule has 0 aromatic heterocycles. The Labute approximate surface area is 362 Å². The summed E-state index contributed by atoms with van der Waals surface area (Å²) in [5.74, 6) is 0. The Balaban J connectivity index is 1.14. The monoisotopic (exact) mass is 850 g/mol. The number of aryl methyl sites for hydroxylation is 12. The molecule has 0 nitrogen and oxygen atoms in total. The van der Waals surface area contributed by atoms with Crippen LogP contribution in [0.15, 0.2) is 119 Å². The smallest absolute Gasteiger partial charge is 0.169 e. The predicted molar refractivity (Wildman–Crippen MR) is 241 cm³/mol. The molecular weight excluding hydrogens is 795 g/mol. The third-order valence-corrected chi connectivity index (χ3v) is 14.0. The van der Waals surface area contributed by atoms with Crippen molar-refractivity contribution in [3.63, 3.8) is 0 Å². The van der Waals surface area contributed by atoms with Crippen LogP contribution in [-0.4, -0.2) is 12.4 Å². The predicted octanol–water partition coefficient (Wildman–Crippen LogP) is 15.6. The summed E-state index contributed by atoms with van der Waals surface area (Å²) >= 11 is 1.80. The lowest BCUT2D eigenvalue weighted by Gasteiger charge is -2.39. The first kappa shape index (κ1) is 45.8. The minimum absolute atomic E-state index is 0.279. The molecule has 6 aromatic carbocycles. The maximum absolute atomic E-state index is 14.8. The van der Waals surface area contributed by atoms with E-state index in [0.717, 1.165) is 53.8 Å². The van der Waals surface area contributed by atoms with E-state index in [2.05, 4.69) is 121 Å². The van der Waals surface area contributed by atoms with Crippen LogP contribution in [0.4, 0.5) is 26.3 Å². The molecule has 0 fully saturated rings. The highest BCUT2D eigenvalue weighted by Crippen LogP contribution is 2.56. The SMILES string of the molecule is Cc1ccc(Sc2ccc(CCc3ccc(C(C)(C)c4ccc(CCc5ccc(C(c6ccc(C)c(C)c6)(C(F)(F)F)C(F)(F)F)cc5C)c(C)c4)cc3C)c(C)c2)cc1C. The molecule has 6 rings (SSSR count). The van der Waals surface area contributed by atoms with Gasteiger partial charge in [0, 0.05) is 15.2 Å². The zero-order valence-electron chi connectivity index (χ0n) is 36.9. The van der Waals surface area contributed by atoms with E-state index in [1.165, 1.54) is 67.8 Å². The quantitative estimate of drug-likeness (QED) is 0.111. The first-order valence-electron chi connectivity index (χ1n) is 20.9. The molecule has 0 radical (unpaired) electrons. The Morgan fingerprint density at radius 2 is 0.639 bits per heavy atom. The first-order chi connectivity index (χ1) is 28.5. The van der Waals surface area contributed by atoms with Crippen LogP contribution in [0.5, 0.6) is 0 Å². The number of hydrogen-bond donors (Lipinski definition) is 0.